The highest BCUT2D eigenvalue weighted by molar-refractivity contribution is 7.89. The van der Waals surface area contributed by atoms with Gasteiger partial charge in [-0.2, -0.15) is 4.31 Å². The van der Waals surface area contributed by atoms with Gasteiger partial charge in [0.15, 0.2) is 5.75 Å². The van der Waals surface area contributed by atoms with Gasteiger partial charge in [0.2, 0.25) is 10.0 Å². The average molecular weight is 329 g/mol. The fourth-order valence-electron chi connectivity index (χ4n) is 2.41. The summed E-state index contributed by atoms with van der Waals surface area (Å²) in [6, 6.07) is 3.71. The maximum absolute atomic E-state index is 12.6. The third-order valence-electron chi connectivity index (χ3n) is 3.76. The fraction of sp³-hybridized carbons (Fsp3) is 0.538. The molecular formula is C13H19N3O5S. The van der Waals surface area contributed by atoms with Crippen LogP contribution < -0.4 is 4.74 Å². The predicted octanol–water partition coefficient (Wildman–Crippen LogP) is 0.930. The molecule has 0 N–H and O–H groups in total. The molecule has 1 saturated heterocycles. The molecular weight excluding hydrogens is 310 g/mol. The van der Waals surface area contributed by atoms with E-state index in [1.807, 2.05) is 6.92 Å². The lowest BCUT2D eigenvalue weighted by molar-refractivity contribution is -0.386. The second kappa shape index (κ2) is 6.59. The van der Waals surface area contributed by atoms with Gasteiger partial charge in [-0.25, -0.2) is 8.42 Å². The molecule has 1 aliphatic heterocycles. The Morgan fingerprint density at radius 3 is 2.41 bits per heavy atom. The molecule has 0 amide bonds. The summed E-state index contributed by atoms with van der Waals surface area (Å²) in [6.07, 6.45) is 0. The van der Waals surface area contributed by atoms with Crippen molar-refractivity contribution in [2.45, 2.75) is 11.8 Å². The molecule has 122 valence electrons. The van der Waals surface area contributed by atoms with Crippen LogP contribution >= 0.6 is 0 Å². The van der Waals surface area contributed by atoms with Gasteiger partial charge < -0.3 is 9.64 Å². The van der Waals surface area contributed by atoms with Gasteiger partial charge >= 0.3 is 5.69 Å². The lowest BCUT2D eigenvalue weighted by Crippen LogP contribution is -2.48. The Kier molecular flexibility index (Phi) is 4.99. The van der Waals surface area contributed by atoms with Crippen molar-refractivity contribution in [1.82, 2.24) is 9.21 Å². The van der Waals surface area contributed by atoms with Gasteiger partial charge in [-0.1, -0.05) is 6.92 Å². The number of hydrogen-bond donors (Lipinski definition) is 0. The average Bonchev–Trinajstić information content (AvgIpc) is 2.54. The van der Waals surface area contributed by atoms with Crippen molar-refractivity contribution >= 4 is 15.7 Å². The monoisotopic (exact) mass is 329 g/mol. The van der Waals surface area contributed by atoms with Crippen molar-refractivity contribution < 1.29 is 18.1 Å². The van der Waals surface area contributed by atoms with E-state index in [1.165, 1.54) is 23.5 Å². The predicted molar refractivity (Wildman–Crippen MR) is 80.5 cm³/mol. The van der Waals surface area contributed by atoms with Crippen molar-refractivity contribution in [3.05, 3.63) is 28.3 Å². The smallest absolute Gasteiger partial charge is 0.312 e. The van der Waals surface area contributed by atoms with Gasteiger partial charge in [-0.15, -0.1) is 0 Å². The summed E-state index contributed by atoms with van der Waals surface area (Å²) in [6.45, 7) is 4.99. The van der Waals surface area contributed by atoms with E-state index in [9.17, 15) is 18.5 Å². The Hall–Kier alpha value is -1.71. The molecule has 22 heavy (non-hydrogen) atoms. The van der Waals surface area contributed by atoms with Crippen LogP contribution in [0.5, 0.6) is 5.75 Å². The minimum Gasteiger partial charge on any atom is -0.490 e. The molecule has 1 heterocycles. The summed E-state index contributed by atoms with van der Waals surface area (Å²) in [7, 11) is -2.42. The molecule has 9 heteroatoms. The Morgan fingerprint density at radius 1 is 1.27 bits per heavy atom. The molecule has 0 aromatic heterocycles. The van der Waals surface area contributed by atoms with Crippen molar-refractivity contribution in [2.75, 3.05) is 39.8 Å². The van der Waals surface area contributed by atoms with E-state index >= 15 is 0 Å². The second-order valence-electron chi connectivity index (χ2n) is 4.93. The molecule has 1 aromatic rings. The Bertz CT molecular complexity index is 654. The molecule has 0 bridgehead atoms. The van der Waals surface area contributed by atoms with Crippen molar-refractivity contribution in [2.24, 2.45) is 0 Å². The number of likely N-dealkylation sites (N-methyl/N-ethyl adjacent to an activating group) is 1. The Labute approximate surface area is 129 Å². The van der Waals surface area contributed by atoms with E-state index in [0.29, 0.717) is 26.2 Å². The highest BCUT2D eigenvalue weighted by atomic mass is 32.2. The molecule has 1 aliphatic rings. The quantitative estimate of drug-likeness (QED) is 0.589. The standard InChI is InChI=1S/C13H19N3O5S/c1-3-14-6-8-15(9-7-14)22(19,20)11-4-5-13(21-2)12(10-11)16(17)18/h4-5,10H,3,6-9H2,1-2H3. The van der Waals surface area contributed by atoms with Crippen LogP contribution in [0.1, 0.15) is 6.92 Å². The number of methoxy groups -OCH3 is 1. The second-order valence-corrected chi connectivity index (χ2v) is 6.87. The number of benzene rings is 1. The summed E-state index contributed by atoms with van der Waals surface area (Å²) in [5, 5.41) is 11.0. The summed E-state index contributed by atoms with van der Waals surface area (Å²) in [4.78, 5) is 12.5. The van der Waals surface area contributed by atoms with Gasteiger partial charge in [0.1, 0.15) is 0 Å². The fourth-order valence-corrected chi connectivity index (χ4v) is 3.85. The molecule has 0 unspecified atom stereocenters. The van der Waals surface area contributed by atoms with Crippen molar-refractivity contribution in [3.8, 4) is 5.75 Å². The molecule has 0 radical (unpaired) electrons. The van der Waals surface area contributed by atoms with Gasteiger partial charge in [-0.05, 0) is 18.7 Å². The largest absolute Gasteiger partial charge is 0.490 e. The van der Waals surface area contributed by atoms with Crippen LogP contribution in [-0.4, -0.2) is 62.4 Å². The zero-order valence-corrected chi connectivity index (χ0v) is 13.4. The van der Waals surface area contributed by atoms with Crippen LogP contribution in [0.2, 0.25) is 0 Å². The van der Waals surface area contributed by atoms with E-state index in [4.69, 9.17) is 4.74 Å². The van der Waals surface area contributed by atoms with Crippen LogP contribution in [0, 0.1) is 10.1 Å². The van der Waals surface area contributed by atoms with E-state index < -0.39 is 14.9 Å². The number of nitrogens with zero attached hydrogens (tertiary/aromatic N) is 3. The zero-order valence-electron chi connectivity index (χ0n) is 12.6. The molecule has 1 aromatic carbocycles. The first-order valence-corrected chi connectivity index (χ1v) is 8.39. The van der Waals surface area contributed by atoms with E-state index in [0.717, 1.165) is 12.6 Å². The molecule has 0 atom stereocenters. The number of ether oxygens (including phenoxy) is 1. The Morgan fingerprint density at radius 2 is 1.91 bits per heavy atom. The van der Waals surface area contributed by atoms with E-state index in [1.54, 1.807) is 0 Å². The molecule has 8 nitrogen and oxygen atoms in total. The van der Waals surface area contributed by atoms with Crippen molar-refractivity contribution in [1.29, 1.82) is 0 Å². The van der Waals surface area contributed by atoms with E-state index in [-0.39, 0.29) is 16.3 Å². The molecule has 0 aliphatic carbocycles. The molecule has 1 fully saturated rings. The highest BCUT2D eigenvalue weighted by Crippen LogP contribution is 2.30. The highest BCUT2D eigenvalue weighted by Gasteiger charge is 2.30. The first-order valence-electron chi connectivity index (χ1n) is 6.95. The van der Waals surface area contributed by atoms with Crippen LogP contribution in [0.4, 0.5) is 5.69 Å². The minimum atomic E-state index is -3.73. The number of nitro groups is 1. The number of piperazine rings is 1. The molecule has 0 saturated carbocycles. The van der Waals surface area contributed by atoms with Crippen LogP contribution in [0.25, 0.3) is 0 Å². The number of sulfonamides is 1. The lowest BCUT2D eigenvalue weighted by atomic mass is 10.3. The maximum Gasteiger partial charge on any atom is 0.312 e. The van der Waals surface area contributed by atoms with Crippen LogP contribution in [0.3, 0.4) is 0 Å². The third kappa shape index (κ3) is 3.21. The number of hydrogen-bond acceptors (Lipinski definition) is 6. The lowest BCUT2D eigenvalue weighted by Gasteiger charge is -2.33. The number of nitro benzene ring substituents is 1. The van der Waals surface area contributed by atoms with Crippen LogP contribution in [0.15, 0.2) is 23.1 Å². The number of rotatable bonds is 5. The topological polar surface area (TPSA) is 93.0 Å². The SMILES string of the molecule is CCN1CCN(S(=O)(=O)c2ccc(OC)c([N+](=O)[O-])c2)CC1. The maximum atomic E-state index is 12.6. The molecule has 2 rings (SSSR count). The normalized spacial score (nSPS) is 17.4. The summed E-state index contributed by atoms with van der Waals surface area (Å²) >= 11 is 0. The van der Waals surface area contributed by atoms with Crippen LogP contribution in [-0.2, 0) is 10.0 Å². The first-order chi connectivity index (χ1) is 10.4. The van der Waals surface area contributed by atoms with Gasteiger partial charge in [0.25, 0.3) is 0 Å². The zero-order chi connectivity index (χ0) is 16.3. The van der Waals surface area contributed by atoms with Gasteiger partial charge in [0, 0.05) is 32.2 Å². The van der Waals surface area contributed by atoms with Crippen molar-refractivity contribution in [3.63, 3.8) is 0 Å². The van der Waals surface area contributed by atoms with Gasteiger partial charge in [0.05, 0.1) is 16.9 Å². The first kappa shape index (κ1) is 16.7. The third-order valence-corrected chi connectivity index (χ3v) is 5.66. The molecule has 0 spiro atoms. The minimum absolute atomic E-state index is 0.0414. The van der Waals surface area contributed by atoms with Gasteiger partial charge in [-0.3, -0.25) is 10.1 Å². The summed E-state index contributed by atoms with van der Waals surface area (Å²) in [5.74, 6) is 0.0414. The summed E-state index contributed by atoms with van der Waals surface area (Å²) < 4.78 is 31.5. The summed E-state index contributed by atoms with van der Waals surface area (Å²) in [5.41, 5.74) is -0.351. The van der Waals surface area contributed by atoms with E-state index in [2.05, 4.69) is 4.90 Å². The Balaban J connectivity index is 2.30.